The Morgan fingerprint density at radius 3 is 2.56 bits per heavy atom. The van der Waals surface area contributed by atoms with Crippen LogP contribution in [0.5, 0.6) is 0 Å². The lowest BCUT2D eigenvalue weighted by molar-refractivity contribution is 0.532. The maximum Gasteiger partial charge on any atom is 0.239 e. The fourth-order valence-corrected chi connectivity index (χ4v) is 0.537. The summed E-state index contributed by atoms with van der Waals surface area (Å²) in [5.74, 6) is 0.337. The average Bonchev–Trinajstić information content (AvgIpc) is 2.14. The molecule has 1 aromatic heterocycles. The Balaban J connectivity index is 2.85. The first-order valence-corrected chi connectivity index (χ1v) is 2.87. The van der Waals surface area contributed by atoms with Gasteiger partial charge in [-0.1, -0.05) is 0 Å². The van der Waals surface area contributed by atoms with Crippen molar-refractivity contribution in [3.63, 3.8) is 0 Å². The zero-order valence-corrected chi connectivity index (χ0v) is 5.57. The van der Waals surface area contributed by atoms with E-state index in [1.54, 1.807) is 11.0 Å². The van der Waals surface area contributed by atoms with Crippen molar-refractivity contribution in [2.75, 3.05) is 5.73 Å². The summed E-state index contributed by atoms with van der Waals surface area (Å²) in [6, 6.07) is 0.342. The van der Waals surface area contributed by atoms with E-state index in [1.807, 2.05) is 13.8 Å². The zero-order valence-electron chi connectivity index (χ0n) is 5.57. The van der Waals surface area contributed by atoms with E-state index in [2.05, 4.69) is 10.1 Å². The zero-order chi connectivity index (χ0) is 6.85. The lowest BCUT2D eigenvalue weighted by atomic mass is 10.4. The molecular formula is C5H10N4. The molecule has 0 spiro atoms. The van der Waals surface area contributed by atoms with Gasteiger partial charge in [-0.15, -0.1) is 5.10 Å². The van der Waals surface area contributed by atoms with Crippen LogP contribution in [0.3, 0.4) is 0 Å². The molecule has 0 amide bonds. The van der Waals surface area contributed by atoms with Crippen molar-refractivity contribution in [3.8, 4) is 0 Å². The topological polar surface area (TPSA) is 56.7 Å². The van der Waals surface area contributed by atoms with Crippen LogP contribution in [-0.2, 0) is 0 Å². The van der Waals surface area contributed by atoms with Crippen LogP contribution < -0.4 is 5.73 Å². The lowest BCUT2D eigenvalue weighted by Crippen LogP contribution is -2.01. The normalized spacial score (nSPS) is 10.6. The minimum atomic E-state index is 0.337. The minimum Gasteiger partial charge on any atom is -0.367 e. The highest BCUT2D eigenvalue weighted by atomic mass is 15.4. The number of aromatic nitrogens is 3. The summed E-state index contributed by atoms with van der Waals surface area (Å²) in [6.45, 7) is 4.04. The van der Waals surface area contributed by atoms with Crippen LogP contribution in [0.4, 0.5) is 5.95 Å². The molecule has 0 atom stereocenters. The van der Waals surface area contributed by atoms with Crippen molar-refractivity contribution >= 4 is 5.95 Å². The number of anilines is 1. The Morgan fingerprint density at radius 1 is 1.67 bits per heavy atom. The molecule has 0 aliphatic rings. The average molecular weight is 126 g/mol. The molecule has 0 fully saturated rings. The monoisotopic (exact) mass is 126 g/mol. The SMILES string of the molecule is CC(C)n1cnc(N)n1. The second kappa shape index (κ2) is 2.05. The molecule has 50 valence electrons. The predicted molar refractivity (Wildman–Crippen MR) is 34.8 cm³/mol. The Hall–Kier alpha value is -1.06. The van der Waals surface area contributed by atoms with Gasteiger partial charge in [0.2, 0.25) is 5.95 Å². The number of hydrogen-bond acceptors (Lipinski definition) is 3. The Bertz CT molecular complexity index is 191. The molecule has 1 heterocycles. The Morgan fingerprint density at radius 2 is 2.33 bits per heavy atom. The van der Waals surface area contributed by atoms with Crippen molar-refractivity contribution in [2.45, 2.75) is 19.9 Å². The van der Waals surface area contributed by atoms with Gasteiger partial charge < -0.3 is 5.73 Å². The van der Waals surface area contributed by atoms with Crippen molar-refractivity contribution in [3.05, 3.63) is 6.33 Å². The summed E-state index contributed by atoms with van der Waals surface area (Å²) in [6.07, 6.45) is 1.62. The number of rotatable bonds is 1. The van der Waals surface area contributed by atoms with Crippen molar-refractivity contribution in [1.82, 2.24) is 14.8 Å². The van der Waals surface area contributed by atoms with Crippen molar-refractivity contribution in [1.29, 1.82) is 0 Å². The number of hydrogen-bond donors (Lipinski definition) is 1. The Labute approximate surface area is 53.7 Å². The molecule has 0 unspecified atom stereocenters. The second-order valence-corrected chi connectivity index (χ2v) is 2.18. The molecule has 4 heteroatoms. The summed E-state index contributed by atoms with van der Waals surface area (Å²) < 4.78 is 1.72. The summed E-state index contributed by atoms with van der Waals surface area (Å²) in [5.41, 5.74) is 5.27. The van der Waals surface area contributed by atoms with Gasteiger partial charge in [0.15, 0.2) is 0 Å². The van der Waals surface area contributed by atoms with Crippen LogP contribution in [0.25, 0.3) is 0 Å². The molecule has 0 aromatic carbocycles. The molecule has 0 bridgehead atoms. The predicted octanol–water partition coefficient (Wildman–Crippen LogP) is 0.441. The van der Waals surface area contributed by atoms with E-state index in [0.717, 1.165) is 0 Å². The van der Waals surface area contributed by atoms with Gasteiger partial charge >= 0.3 is 0 Å². The van der Waals surface area contributed by atoms with Gasteiger partial charge in [-0.25, -0.2) is 9.67 Å². The van der Waals surface area contributed by atoms with E-state index >= 15 is 0 Å². The van der Waals surface area contributed by atoms with Crippen LogP contribution in [-0.4, -0.2) is 14.8 Å². The molecule has 0 aliphatic heterocycles. The molecule has 2 N–H and O–H groups in total. The van der Waals surface area contributed by atoms with E-state index in [9.17, 15) is 0 Å². The molecule has 4 nitrogen and oxygen atoms in total. The quantitative estimate of drug-likeness (QED) is 0.594. The summed E-state index contributed by atoms with van der Waals surface area (Å²) in [4.78, 5) is 3.77. The third-order valence-corrected chi connectivity index (χ3v) is 1.06. The van der Waals surface area contributed by atoms with Crippen LogP contribution in [0.1, 0.15) is 19.9 Å². The van der Waals surface area contributed by atoms with Gasteiger partial charge in [0, 0.05) is 6.04 Å². The molecule has 1 aromatic rings. The first-order chi connectivity index (χ1) is 4.20. The molecule has 9 heavy (non-hydrogen) atoms. The van der Waals surface area contributed by atoms with E-state index in [1.165, 1.54) is 0 Å². The standard InChI is InChI=1S/C5H10N4/c1-4(2)9-3-7-5(6)8-9/h3-4H,1-2H3,(H2,6,8). The van der Waals surface area contributed by atoms with E-state index in [4.69, 9.17) is 5.73 Å². The third-order valence-electron chi connectivity index (χ3n) is 1.06. The maximum atomic E-state index is 5.27. The molecule has 0 saturated heterocycles. The van der Waals surface area contributed by atoms with Gasteiger partial charge in [0.05, 0.1) is 0 Å². The second-order valence-electron chi connectivity index (χ2n) is 2.18. The number of nitrogens with two attached hydrogens (primary N) is 1. The molecule has 0 aliphatic carbocycles. The van der Waals surface area contributed by atoms with E-state index < -0.39 is 0 Å². The number of nitrogens with zero attached hydrogens (tertiary/aromatic N) is 3. The molecule has 0 radical (unpaired) electrons. The van der Waals surface area contributed by atoms with Gasteiger partial charge in [0.25, 0.3) is 0 Å². The van der Waals surface area contributed by atoms with Gasteiger partial charge in [0.1, 0.15) is 6.33 Å². The highest BCUT2D eigenvalue weighted by molar-refractivity contribution is 5.09. The lowest BCUT2D eigenvalue weighted by Gasteiger charge is -2.00. The van der Waals surface area contributed by atoms with E-state index in [0.29, 0.717) is 12.0 Å². The minimum absolute atomic E-state index is 0.337. The fourth-order valence-electron chi connectivity index (χ4n) is 0.537. The summed E-state index contributed by atoms with van der Waals surface area (Å²) in [7, 11) is 0. The van der Waals surface area contributed by atoms with Gasteiger partial charge in [-0.3, -0.25) is 0 Å². The first-order valence-electron chi connectivity index (χ1n) is 2.87. The van der Waals surface area contributed by atoms with Crippen LogP contribution >= 0.6 is 0 Å². The smallest absolute Gasteiger partial charge is 0.239 e. The summed E-state index contributed by atoms with van der Waals surface area (Å²) >= 11 is 0. The fraction of sp³-hybridized carbons (Fsp3) is 0.600. The largest absolute Gasteiger partial charge is 0.367 e. The first kappa shape index (κ1) is 6.07. The Kier molecular flexibility index (Phi) is 1.38. The van der Waals surface area contributed by atoms with Gasteiger partial charge in [-0.05, 0) is 13.8 Å². The maximum absolute atomic E-state index is 5.27. The van der Waals surface area contributed by atoms with E-state index in [-0.39, 0.29) is 0 Å². The third kappa shape index (κ3) is 1.19. The molecule has 1 rings (SSSR count). The van der Waals surface area contributed by atoms with Gasteiger partial charge in [-0.2, -0.15) is 0 Å². The van der Waals surface area contributed by atoms with Crippen LogP contribution in [0.15, 0.2) is 6.33 Å². The molecular weight excluding hydrogens is 116 g/mol. The number of nitrogen functional groups attached to an aromatic ring is 1. The van der Waals surface area contributed by atoms with Crippen molar-refractivity contribution < 1.29 is 0 Å². The molecule has 0 saturated carbocycles. The highest BCUT2D eigenvalue weighted by Crippen LogP contribution is 2.00. The highest BCUT2D eigenvalue weighted by Gasteiger charge is 1.97. The van der Waals surface area contributed by atoms with Crippen LogP contribution in [0.2, 0.25) is 0 Å². The van der Waals surface area contributed by atoms with Crippen LogP contribution in [0, 0.1) is 0 Å². The van der Waals surface area contributed by atoms with Crippen molar-refractivity contribution in [2.24, 2.45) is 0 Å². The summed E-state index contributed by atoms with van der Waals surface area (Å²) in [5, 5.41) is 3.89.